The molecule has 3 rings (SSSR count). The Balaban J connectivity index is 1.72. The van der Waals surface area contributed by atoms with Gasteiger partial charge in [0.2, 0.25) is 10.0 Å². The second-order valence-corrected chi connectivity index (χ2v) is 8.55. The maximum atomic E-state index is 12.1. The van der Waals surface area contributed by atoms with Crippen molar-refractivity contribution in [1.29, 1.82) is 0 Å². The number of benzene rings is 1. The third kappa shape index (κ3) is 5.05. The Morgan fingerprint density at radius 3 is 2.61 bits per heavy atom. The van der Waals surface area contributed by atoms with E-state index in [1.807, 2.05) is 35.8 Å². The van der Waals surface area contributed by atoms with Crippen molar-refractivity contribution in [1.82, 2.24) is 19.4 Å². The summed E-state index contributed by atoms with van der Waals surface area (Å²) in [6.45, 7) is 2.33. The number of nitrogen functional groups attached to an aromatic ring is 1. The molecule has 0 spiro atoms. The van der Waals surface area contributed by atoms with Crippen molar-refractivity contribution in [2.45, 2.75) is 38.9 Å². The largest absolute Gasteiger partial charge is 0.492 e. The summed E-state index contributed by atoms with van der Waals surface area (Å²) >= 11 is 0. The Kier molecular flexibility index (Phi) is 6.36. The van der Waals surface area contributed by atoms with Gasteiger partial charge in [-0.25, -0.2) is 23.2 Å². The van der Waals surface area contributed by atoms with Crippen LogP contribution < -0.4 is 10.6 Å². The van der Waals surface area contributed by atoms with Crippen molar-refractivity contribution in [2.75, 3.05) is 11.5 Å². The molecule has 3 N–H and O–H groups in total. The minimum absolute atomic E-state index is 0.111. The number of nitrogens with one attached hydrogen (secondary N) is 1. The summed E-state index contributed by atoms with van der Waals surface area (Å²) in [6.07, 6.45) is -4.19. The van der Waals surface area contributed by atoms with Gasteiger partial charge in [0.05, 0.1) is 16.8 Å². The van der Waals surface area contributed by atoms with Gasteiger partial charge in [0.25, 0.3) is 0 Å². The van der Waals surface area contributed by atoms with Gasteiger partial charge in [-0.1, -0.05) is 25.1 Å². The van der Waals surface area contributed by atoms with Crippen LogP contribution in [0.2, 0.25) is 0 Å². The van der Waals surface area contributed by atoms with Crippen molar-refractivity contribution in [3.63, 3.8) is 0 Å². The van der Waals surface area contributed by atoms with Gasteiger partial charge in [0, 0.05) is 18.4 Å². The van der Waals surface area contributed by atoms with Crippen molar-refractivity contribution < 1.29 is 31.2 Å². The number of alkyl halides is 3. The number of imidazole rings is 1. The fourth-order valence-corrected chi connectivity index (χ4v) is 4.05. The molecule has 0 saturated heterocycles. The van der Waals surface area contributed by atoms with E-state index in [-0.39, 0.29) is 6.42 Å². The van der Waals surface area contributed by atoms with Crippen LogP contribution in [0.1, 0.15) is 25.6 Å². The molecule has 0 radical (unpaired) electrons. The number of fused-ring (bicyclic) bond motifs is 3. The van der Waals surface area contributed by atoms with Gasteiger partial charge < -0.3 is 15.1 Å². The van der Waals surface area contributed by atoms with Gasteiger partial charge in [-0.2, -0.15) is 13.2 Å². The Bertz CT molecular complexity index is 1220. The van der Waals surface area contributed by atoms with E-state index < -0.39 is 27.9 Å². The Morgan fingerprint density at radius 2 is 1.94 bits per heavy atom. The number of aromatic nitrogens is 3. The van der Waals surface area contributed by atoms with Crippen LogP contribution in [0.3, 0.4) is 0 Å². The molecule has 0 aliphatic carbocycles. The maximum absolute atomic E-state index is 12.1. The molecular weight excluding hydrogens is 439 g/mol. The summed E-state index contributed by atoms with van der Waals surface area (Å²) < 4.78 is 61.8. The van der Waals surface area contributed by atoms with E-state index in [9.17, 15) is 26.4 Å². The van der Waals surface area contributed by atoms with Gasteiger partial charge in [-0.05, 0) is 23.8 Å². The molecule has 3 aromatic rings. The highest BCUT2D eigenvalue weighted by Gasteiger charge is 2.42. The number of hydrogen-bond donors (Lipinski definition) is 2. The molecule has 0 fully saturated rings. The number of anilines is 1. The number of pyridine rings is 1. The second-order valence-electron chi connectivity index (χ2n) is 6.74. The van der Waals surface area contributed by atoms with Crippen LogP contribution in [-0.4, -0.2) is 40.9 Å². The van der Waals surface area contributed by atoms with Crippen LogP contribution in [0.15, 0.2) is 24.3 Å². The average Bonchev–Trinajstić information content (AvgIpc) is 3.08. The lowest BCUT2D eigenvalue weighted by Gasteiger charge is -2.11. The van der Waals surface area contributed by atoms with Crippen molar-refractivity contribution in [3.8, 4) is 0 Å². The first-order chi connectivity index (χ1) is 14.5. The van der Waals surface area contributed by atoms with Gasteiger partial charge >= 0.3 is 12.1 Å². The number of halogens is 3. The molecule has 0 atom stereocenters. The molecule has 0 aliphatic heterocycles. The van der Waals surface area contributed by atoms with Crippen LogP contribution in [-0.2, 0) is 32.6 Å². The van der Waals surface area contributed by atoms with Crippen molar-refractivity contribution in [2.24, 2.45) is 0 Å². The molecule has 0 bridgehead atoms. The Morgan fingerprint density at radius 1 is 1.23 bits per heavy atom. The number of nitrogens with two attached hydrogens (primary N) is 1. The molecule has 168 valence electrons. The van der Waals surface area contributed by atoms with E-state index in [0.29, 0.717) is 36.2 Å². The smallest absolute Gasteiger partial charge is 0.382 e. The summed E-state index contributed by atoms with van der Waals surface area (Å²) in [5.41, 5.74) is 8.12. The van der Waals surface area contributed by atoms with Gasteiger partial charge in [0.15, 0.2) is 5.82 Å². The summed E-state index contributed by atoms with van der Waals surface area (Å²) in [4.78, 5) is 24.3. The summed E-state index contributed by atoms with van der Waals surface area (Å²) in [7, 11) is -4.23. The highest BCUT2D eigenvalue weighted by molar-refractivity contribution is 7.89. The number of carbonyl (C=O) groups is 1. The van der Waals surface area contributed by atoms with Gasteiger partial charge in [-0.15, -0.1) is 0 Å². The Labute approximate surface area is 175 Å². The highest BCUT2D eigenvalue weighted by Crippen LogP contribution is 2.29. The van der Waals surface area contributed by atoms with E-state index in [1.54, 1.807) is 0 Å². The fourth-order valence-electron chi connectivity index (χ4n) is 3.18. The van der Waals surface area contributed by atoms with E-state index in [4.69, 9.17) is 5.73 Å². The quantitative estimate of drug-likeness (QED) is 0.391. The number of hydrogen-bond acceptors (Lipinski definition) is 7. The molecule has 0 amide bonds. The van der Waals surface area contributed by atoms with E-state index >= 15 is 0 Å². The SMILES string of the molecule is CCc1nc2c(N)nc3ccccc3c2n1CCCCS(=O)(=O)NOC(=O)C(F)(F)F. The molecule has 1 aromatic carbocycles. The predicted octanol–water partition coefficient (Wildman–Crippen LogP) is 2.45. The zero-order valence-electron chi connectivity index (χ0n) is 16.4. The molecule has 2 heterocycles. The number of nitrogens with zero attached hydrogens (tertiary/aromatic N) is 3. The summed E-state index contributed by atoms with van der Waals surface area (Å²) in [5, 5.41) is 0.854. The molecule has 0 saturated carbocycles. The minimum Gasteiger partial charge on any atom is -0.382 e. The van der Waals surface area contributed by atoms with Crippen molar-refractivity contribution in [3.05, 3.63) is 30.1 Å². The first-order valence-electron chi connectivity index (χ1n) is 9.34. The number of para-hydroxylation sites is 1. The lowest BCUT2D eigenvalue weighted by Crippen LogP contribution is -2.35. The van der Waals surface area contributed by atoms with Crippen LogP contribution >= 0.6 is 0 Å². The summed E-state index contributed by atoms with van der Waals surface area (Å²) in [6, 6.07) is 7.42. The molecule has 31 heavy (non-hydrogen) atoms. The number of carbonyl (C=O) groups excluding carboxylic acids is 1. The van der Waals surface area contributed by atoms with E-state index in [0.717, 1.165) is 16.7 Å². The van der Waals surface area contributed by atoms with Gasteiger partial charge in [0.1, 0.15) is 11.3 Å². The van der Waals surface area contributed by atoms with E-state index in [1.165, 1.54) is 4.89 Å². The molecule has 2 aromatic heterocycles. The van der Waals surface area contributed by atoms with Crippen LogP contribution in [0, 0.1) is 0 Å². The zero-order valence-corrected chi connectivity index (χ0v) is 17.3. The van der Waals surface area contributed by atoms with Crippen LogP contribution in [0.4, 0.5) is 19.0 Å². The topological polar surface area (TPSA) is 129 Å². The van der Waals surface area contributed by atoms with E-state index in [2.05, 4.69) is 14.8 Å². The normalized spacial score (nSPS) is 12.5. The third-order valence-corrected chi connectivity index (χ3v) is 5.71. The molecule has 0 unspecified atom stereocenters. The molecule has 13 heteroatoms. The van der Waals surface area contributed by atoms with Gasteiger partial charge in [-0.3, -0.25) is 0 Å². The lowest BCUT2D eigenvalue weighted by molar-refractivity contribution is -0.203. The number of sulfonamides is 1. The van der Waals surface area contributed by atoms with Crippen molar-refractivity contribution >= 4 is 43.7 Å². The third-order valence-electron chi connectivity index (χ3n) is 4.54. The highest BCUT2D eigenvalue weighted by atomic mass is 32.2. The number of unbranched alkanes of at least 4 members (excludes halogenated alkanes) is 1. The Hall–Kier alpha value is -2.93. The van der Waals surface area contributed by atoms with Crippen LogP contribution in [0.25, 0.3) is 21.9 Å². The minimum atomic E-state index is -5.29. The average molecular weight is 459 g/mol. The maximum Gasteiger partial charge on any atom is 0.492 e. The fraction of sp³-hybridized carbons (Fsp3) is 0.389. The number of rotatable bonds is 8. The molecule has 0 aliphatic rings. The zero-order chi connectivity index (χ0) is 22.8. The molecular formula is C18H20F3N5O4S. The second kappa shape index (κ2) is 8.67. The van der Waals surface area contributed by atoms with Crippen LogP contribution in [0.5, 0.6) is 0 Å². The monoisotopic (exact) mass is 459 g/mol. The first kappa shape index (κ1) is 22.7. The number of aryl methyl sites for hydroxylation is 2. The molecule has 9 nitrogen and oxygen atoms in total. The lowest BCUT2D eigenvalue weighted by atomic mass is 10.2. The predicted molar refractivity (Wildman–Crippen MR) is 107 cm³/mol. The standard InChI is InChI=1S/C18H20F3N5O4S/c1-2-13-24-14-15(11-7-3-4-8-12(11)23-16(14)22)26(13)9-5-6-10-31(28,29)25-30-17(27)18(19,20)21/h3-4,7-8,25H,2,5-6,9-10H2,1H3,(H2,22,23). The first-order valence-corrected chi connectivity index (χ1v) is 11.0. The summed E-state index contributed by atoms with van der Waals surface area (Å²) in [5.74, 6) is -2.11.